The highest BCUT2D eigenvalue weighted by Crippen LogP contribution is 2.22. The van der Waals surface area contributed by atoms with Crippen LogP contribution < -0.4 is 5.32 Å². The number of furan rings is 1. The average Bonchev–Trinajstić information content (AvgIpc) is 3.44. The first-order valence-electron chi connectivity index (χ1n) is 10.6. The Bertz CT molecular complexity index is 1020. The van der Waals surface area contributed by atoms with E-state index in [1.54, 1.807) is 17.2 Å². The monoisotopic (exact) mass is 408 g/mol. The van der Waals surface area contributed by atoms with Gasteiger partial charge in [-0.3, -0.25) is 9.59 Å². The molecular formula is C23H28N4O3. The molecule has 3 heterocycles. The molecule has 3 aromatic rings. The normalized spacial score (nSPS) is 16.7. The molecule has 0 bridgehead atoms. The van der Waals surface area contributed by atoms with Gasteiger partial charge in [0.1, 0.15) is 11.6 Å². The van der Waals surface area contributed by atoms with Gasteiger partial charge >= 0.3 is 0 Å². The molecule has 1 atom stereocenters. The maximum absolute atomic E-state index is 12.5. The van der Waals surface area contributed by atoms with E-state index < -0.39 is 0 Å². The van der Waals surface area contributed by atoms with Crippen molar-refractivity contribution in [2.75, 3.05) is 13.1 Å². The predicted octanol–water partition coefficient (Wildman–Crippen LogP) is 3.31. The number of hydrogen-bond donors (Lipinski definition) is 1. The largest absolute Gasteiger partial charge is 0.467 e. The molecule has 0 saturated carbocycles. The summed E-state index contributed by atoms with van der Waals surface area (Å²) in [5, 5.41) is 3.00. The van der Waals surface area contributed by atoms with E-state index in [1.165, 1.54) is 0 Å². The highest BCUT2D eigenvalue weighted by atomic mass is 16.3. The number of imidazole rings is 1. The molecular weight excluding hydrogens is 380 g/mol. The van der Waals surface area contributed by atoms with E-state index in [1.807, 2.05) is 24.3 Å². The number of hydrogen-bond acceptors (Lipinski definition) is 4. The van der Waals surface area contributed by atoms with E-state index in [2.05, 4.69) is 29.8 Å². The van der Waals surface area contributed by atoms with Crippen molar-refractivity contribution in [2.45, 2.75) is 45.7 Å². The first kappa shape index (κ1) is 20.2. The number of nitrogens with zero attached hydrogens (tertiary/aromatic N) is 3. The van der Waals surface area contributed by atoms with Crippen molar-refractivity contribution in [2.24, 2.45) is 5.92 Å². The minimum absolute atomic E-state index is 0.00259. The topological polar surface area (TPSA) is 80.4 Å². The molecule has 1 fully saturated rings. The summed E-state index contributed by atoms with van der Waals surface area (Å²) in [6.07, 6.45) is 3.45. The van der Waals surface area contributed by atoms with Gasteiger partial charge in [-0.15, -0.1) is 0 Å². The summed E-state index contributed by atoms with van der Waals surface area (Å²) in [4.78, 5) is 31.2. The fourth-order valence-corrected chi connectivity index (χ4v) is 4.14. The SMILES string of the molecule is CC(C)n1c(CCCNC(=O)C2CC(=O)N(Cc3ccco3)C2)nc2ccccc21. The van der Waals surface area contributed by atoms with Gasteiger partial charge in [-0.2, -0.15) is 0 Å². The van der Waals surface area contributed by atoms with Gasteiger partial charge in [-0.25, -0.2) is 4.98 Å². The predicted molar refractivity (Wildman–Crippen MR) is 114 cm³/mol. The molecule has 1 unspecified atom stereocenters. The fourth-order valence-electron chi connectivity index (χ4n) is 4.14. The number of benzene rings is 1. The third kappa shape index (κ3) is 4.25. The van der Waals surface area contributed by atoms with Crippen LogP contribution in [0.2, 0.25) is 0 Å². The van der Waals surface area contributed by atoms with Crippen LogP contribution in [0, 0.1) is 5.92 Å². The summed E-state index contributed by atoms with van der Waals surface area (Å²) in [5.74, 6) is 1.42. The summed E-state index contributed by atoms with van der Waals surface area (Å²) in [5.41, 5.74) is 2.15. The summed E-state index contributed by atoms with van der Waals surface area (Å²) in [6.45, 7) is 5.74. The van der Waals surface area contributed by atoms with Crippen LogP contribution in [0.3, 0.4) is 0 Å². The van der Waals surface area contributed by atoms with E-state index in [0.717, 1.165) is 35.5 Å². The molecule has 0 aliphatic carbocycles. The lowest BCUT2D eigenvalue weighted by molar-refractivity contribution is -0.129. The second-order valence-corrected chi connectivity index (χ2v) is 8.13. The van der Waals surface area contributed by atoms with Crippen molar-refractivity contribution >= 4 is 22.8 Å². The van der Waals surface area contributed by atoms with Gasteiger partial charge in [-0.05, 0) is 44.5 Å². The molecule has 4 rings (SSSR count). The number of para-hydroxylation sites is 2. The Labute approximate surface area is 176 Å². The van der Waals surface area contributed by atoms with Gasteiger partial charge in [0.25, 0.3) is 0 Å². The van der Waals surface area contributed by atoms with Crippen LogP contribution in [0.15, 0.2) is 47.1 Å². The van der Waals surface area contributed by atoms with Crippen LogP contribution in [0.5, 0.6) is 0 Å². The lowest BCUT2D eigenvalue weighted by atomic mass is 10.1. The molecule has 2 aromatic heterocycles. The molecule has 1 N–H and O–H groups in total. The lowest BCUT2D eigenvalue weighted by Crippen LogP contribution is -2.33. The Hall–Kier alpha value is -3.09. The smallest absolute Gasteiger partial charge is 0.225 e. The van der Waals surface area contributed by atoms with Gasteiger partial charge in [0.15, 0.2) is 0 Å². The van der Waals surface area contributed by atoms with Crippen molar-refractivity contribution in [3.05, 3.63) is 54.2 Å². The second-order valence-electron chi connectivity index (χ2n) is 8.13. The molecule has 158 valence electrons. The zero-order valence-corrected chi connectivity index (χ0v) is 17.5. The van der Waals surface area contributed by atoms with Crippen molar-refractivity contribution < 1.29 is 14.0 Å². The highest BCUT2D eigenvalue weighted by Gasteiger charge is 2.34. The van der Waals surface area contributed by atoms with Crippen LogP contribution in [0.25, 0.3) is 11.0 Å². The maximum Gasteiger partial charge on any atom is 0.225 e. The molecule has 0 spiro atoms. The van der Waals surface area contributed by atoms with Gasteiger partial charge in [0.05, 0.1) is 29.8 Å². The number of aryl methyl sites for hydroxylation is 1. The Morgan fingerprint density at radius 1 is 1.27 bits per heavy atom. The third-order valence-corrected chi connectivity index (χ3v) is 5.57. The summed E-state index contributed by atoms with van der Waals surface area (Å²) in [7, 11) is 0. The number of nitrogens with one attached hydrogen (secondary N) is 1. The number of fused-ring (bicyclic) bond motifs is 1. The van der Waals surface area contributed by atoms with Crippen LogP contribution in [-0.2, 0) is 22.6 Å². The van der Waals surface area contributed by atoms with Crippen LogP contribution in [0.1, 0.15) is 44.3 Å². The van der Waals surface area contributed by atoms with E-state index >= 15 is 0 Å². The van der Waals surface area contributed by atoms with Gasteiger partial charge < -0.3 is 19.2 Å². The van der Waals surface area contributed by atoms with Crippen molar-refractivity contribution in [3.63, 3.8) is 0 Å². The van der Waals surface area contributed by atoms with Gasteiger partial charge in [0.2, 0.25) is 11.8 Å². The molecule has 7 heteroatoms. The van der Waals surface area contributed by atoms with Gasteiger partial charge in [-0.1, -0.05) is 12.1 Å². The van der Waals surface area contributed by atoms with Crippen molar-refractivity contribution in [3.8, 4) is 0 Å². The van der Waals surface area contributed by atoms with Crippen molar-refractivity contribution in [1.82, 2.24) is 19.8 Å². The molecule has 0 radical (unpaired) electrons. The zero-order chi connectivity index (χ0) is 21.1. The van der Waals surface area contributed by atoms with Crippen LogP contribution in [0.4, 0.5) is 0 Å². The number of carbonyl (C=O) groups is 2. The first-order valence-corrected chi connectivity index (χ1v) is 10.6. The van der Waals surface area contributed by atoms with Gasteiger partial charge in [0, 0.05) is 32.0 Å². The highest BCUT2D eigenvalue weighted by molar-refractivity contribution is 5.89. The van der Waals surface area contributed by atoms with E-state index in [4.69, 9.17) is 9.40 Å². The molecule has 30 heavy (non-hydrogen) atoms. The average molecular weight is 409 g/mol. The number of aromatic nitrogens is 2. The summed E-state index contributed by atoms with van der Waals surface area (Å²) < 4.78 is 7.57. The van der Waals surface area contributed by atoms with E-state index in [9.17, 15) is 9.59 Å². The Kier molecular flexibility index (Phi) is 5.88. The molecule has 1 aromatic carbocycles. The Morgan fingerprint density at radius 3 is 2.87 bits per heavy atom. The summed E-state index contributed by atoms with van der Waals surface area (Å²) >= 11 is 0. The Morgan fingerprint density at radius 2 is 2.10 bits per heavy atom. The minimum atomic E-state index is -0.298. The third-order valence-electron chi connectivity index (χ3n) is 5.57. The standard InChI is InChI=1S/C23H28N4O3/c1-16(2)27-20-9-4-3-8-19(20)25-21(27)10-5-11-24-23(29)17-13-22(28)26(14-17)15-18-7-6-12-30-18/h3-4,6-9,12,16-17H,5,10-11,13-15H2,1-2H3,(H,24,29). The minimum Gasteiger partial charge on any atom is -0.467 e. The molecule has 1 aliphatic rings. The quantitative estimate of drug-likeness (QED) is 0.580. The first-order chi connectivity index (χ1) is 14.5. The number of likely N-dealkylation sites (tertiary alicyclic amines) is 1. The van der Waals surface area contributed by atoms with Crippen LogP contribution >= 0.6 is 0 Å². The molecule has 2 amide bonds. The van der Waals surface area contributed by atoms with Crippen molar-refractivity contribution in [1.29, 1.82) is 0 Å². The number of rotatable bonds is 8. The van der Waals surface area contributed by atoms with Crippen LogP contribution in [-0.4, -0.2) is 39.4 Å². The fraction of sp³-hybridized carbons (Fsp3) is 0.435. The second kappa shape index (κ2) is 8.73. The zero-order valence-electron chi connectivity index (χ0n) is 17.5. The Balaban J connectivity index is 1.28. The maximum atomic E-state index is 12.5. The molecule has 7 nitrogen and oxygen atoms in total. The van der Waals surface area contributed by atoms with E-state index in [-0.39, 0.29) is 24.2 Å². The number of amides is 2. The summed E-state index contributed by atoms with van der Waals surface area (Å²) in [6, 6.07) is 12.1. The number of carbonyl (C=O) groups excluding carboxylic acids is 2. The molecule has 1 saturated heterocycles. The van der Waals surface area contributed by atoms with E-state index in [0.29, 0.717) is 25.7 Å². The molecule has 1 aliphatic heterocycles. The lowest BCUT2D eigenvalue weighted by Gasteiger charge is -2.15.